The molecule has 0 unspecified atom stereocenters. The highest BCUT2D eigenvalue weighted by Crippen LogP contribution is 2.25. The molecule has 2 aromatic rings. The molecule has 150 valence electrons. The number of carbonyl (C=O) groups excluding carboxylic acids is 1. The van der Waals surface area contributed by atoms with Gasteiger partial charge in [-0.25, -0.2) is 9.78 Å². The van der Waals surface area contributed by atoms with Crippen LogP contribution in [0.25, 0.3) is 0 Å². The minimum absolute atomic E-state index is 0.0732. The number of aryl methyl sites for hydroxylation is 2. The maximum absolute atomic E-state index is 11.3. The zero-order chi connectivity index (χ0) is 19.9. The third kappa shape index (κ3) is 5.23. The highest BCUT2D eigenvalue weighted by atomic mass is 16.6. The molecule has 0 spiro atoms. The van der Waals surface area contributed by atoms with Crippen LogP contribution in [0.5, 0.6) is 5.75 Å². The number of benzene rings is 1. The molecule has 28 heavy (non-hydrogen) atoms. The van der Waals surface area contributed by atoms with E-state index in [-0.39, 0.29) is 12.6 Å². The Balaban J connectivity index is 1.52. The Morgan fingerprint density at radius 1 is 1.11 bits per heavy atom. The molecule has 1 aromatic heterocycles. The fraction of sp³-hybridized carbons (Fsp3) is 0.455. The molecule has 0 bridgehead atoms. The minimum Gasteiger partial charge on any atom is -0.481 e. The first-order chi connectivity index (χ1) is 13.6. The average molecular weight is 383 g/mol. The molecule has 6 heteroatoms. The molecule has 0 atom stereocenters. The predicted molar refractivity (Wildman–Crippen MR) is 110 cm³/mol. The maximum Gasteiger partial charge on any atom is 0.343 e. The largest absolute Gasteiger partial charge is 0.481 e. The summed E-state index contributed by atoms with van der Waals surface area (Å²) < 4.78 is 10.2. The number of methoxy groups -OCH3 is 1. The second-order valence-electron chi connectivity index (χ2n) is 7.25. The molecule has 1 aliphatic rings. The molecule has 1 aromatic carbocycles. The number of rotatable bonds is 8. The number of esters is 1. The lowest BCUT2D eigenvalue weighted by Gasteiger charge is -2.16. The van der Waals surface area contributed by atoms with Crippen LogP contribution in [0.3, 0.4) is 0 Å². The lowest BCUT2D eigenvalue weighted by atomic mass is 10.1. The van der Waals surface area contributed by atoms with Crippen molar-refractivity contribution in [3.05, 3.63) is 52.7 Å². The SMILES string of the molecule is COC(=O)COc1c(C)cc(CNCc2ccc(N3CCCC3)nc2)cc1C. The van der Waals surface area contributed by atoms with Gasteiger partial charge in [-0.1, -0.05) is 18.2 Å². The first-order valence-electron chi connectivity index (χ1n) is 9.77. The quantitative estimate of drug-likeness (QED) is 0.707. The maximum atomic E-state index is 11.3. The summed E-state index contributed by atoms with van der Waals surface area (Å²) in [7, 11) is 1.36. The summed E-state index contributed by atoms with van der Waals surface area (Å²) in [6, 6.07) is 8.43. The van der Waals surface area contributed by atoms with E-state index in [0.717, 1.165) is 48.9 Å². The molecular weight excluding hydrogens is 354 g/mol. The Morgan fingerprint density at radius 3 is 2.39 bits per heavy atom. The summed E-state index contributed by atoms with van der Waals surface area (Å²) in [6.07, 6.45) is 4.48. The van der Waals surface area contributed by atoms with Crippen molar-refractivity contribution in [2.24, 2.45) is 0 Å². The number of anilines is 1. The van der Waals surface area contributed by atoms with Crippen LogP contribution >= 0.6 is 0 Å². The molecule has 6 nitrogen and oxygen atoms in total. The number of pyridine rings is 1. The number of hydrogen-bond donors (Lipinski definition) is 1. The topological polar surface area (TPSA) is 63.7 Å². The summed E-state index contributed by atoms with van der Waals surface area (Å²) in [5.74, 6) is 1.44. The van der Waals surface area contributed by atoms with E-state index in [9.17, 15) is 4.79 Å². The van der Waals surface area contributed by atoms with E-state index in [1.807, 2.05) is 20.0 Å². The van der Waals surface area contributed by atoms with Crippen LogP contribution in [-0.2, 0) is 22.6 Å². The molecule has 0 saturated carbocycles. The van der Waals surface area contributed by atoms with Crippen LogP contribution in [0.4, 0.5) is 5.82 Å². The van der Waals surface area contributed by atoms with Gasteiger partial charge in [0, 0.05) is 32.4 Å². The second kappa shape index (κ2) is 9.55. The van der Waals surface area contributed by atoms with Crippen LogP contribution in [0, 0.1) is 13.8 Å². The van der Waals surface area contributed by atoms with E-state index in [4.69, 9.17) is 4.74 Å². The van der Waals surface area contributed by atoms with E-state index in [1.165, 1.54) is 31.1 Å². The molecule has 1 fully saturated rings. The first kappa shape index (κ1) is 20.1. The van der Waals surface area contributed by atoms with E-state index in [0.29, 0.717) is 0 Å². The van der Waals surface area contributed by atoms with E-state index in [1.54, 1.807) is 0 Å². The second-order valence-corrected chi connectivity index (χ2v) is 7.25. The number of ether oxygens (including phenoxy) is 2. The van der Waals surface area contributed by atoms with E-state index < -0.39 is 0 Å². The zero-order valence-electron chi connectivity index (χ0n) is 17.0. The highest BCUT2D eigenvalue weighted by molar-refractivity contribution is 5.71. The lowest BCUT2D eigenvalue weighted by molar-refractivity contribution is -0.142. The highest BCUT2D eigenvalue weighted by Gasteiger charge is 2.13. The number of carbonyl (C=O) groups is 1. The van der Waals surface area contributed by atoms with Crippen molar-refractivity contribution >= 4 is 11.8 Å². The van der Waals surface area contributed by atoms with Gasteiger partial charge in [0.2, 0.25) is 0 Å². The zero-order valence-corrected chi connectivity index (χ0v) is 17.0. The van der Waals surface area contributed by atoms with Crippen LogP contribution in [0.1, 0.15) is 35.1 Å². The Hall–Kier alpha value is -2.60. The van der Waals surface area contributed by atoms with Crippen LogP contribution in [0.2, 0.25) is 0 Å². The van der Waals surface area contributed by atoms with Crippen molar-refractivity contribution in [1.29, 1.82) is 0 Å². The monoisotopic (exact) mass is 383 g/mol. The Kier molecular flexibility index (Phi) is 6.87. The van der Waals surface area contributed by atoms with Gasteiger partial charge in [0.15, 0.2) is 6.61 Å². The van der Waals surface area contributed by atoms with Crippen LogP contribution in [-0.4, -0.2) is 37.8 Å². The van der Waals surface area contributed by atoms with Crippen molar-refractivity contribution in [2.45, 2.75) is 39.8 Å². The van der Waals surface area contributed by atoms with E-state index in [2.05, 4.69) is 44.2 Å². The molecule has 1 aliphatic heterocycles. The van der Waals surface area contributed by atoms with Gasteiger partial charge in [0.05, 0.1) is 7.11 Å². The first-order valence-corrected chi connectivity index (χ1v) is 9.77. The third-order valence-corrected chi connectivity index (χ3v) is 4.98. The van der Waals surface area contributed by atoms with Crippen molar-refractivity contribution in [3.8, 4) is 5.75 Å². The summed E-state index contributed by atoms with van der Waals surface area (Å²) in [5.41, 5.74) is 4.38. The standard InChI is InChI=1S/C22H29N3O3/c1-16-10-19(11-17(2)22(16)28-15-21(26)27-3)13-23-12-18-6-7-20(24-14-18)25-8-4-5-9-25/h6-7,10-11,14,23H,4-5,8-9,12-13,15H2,1-3H3. The molecule has 1 saturated heterocycles. The lowest BCUT2D eigenvalue weighted by Crippen LogP contribution is -2.19. The van der Waals surface area contributed by atoms with Crippen LogP contribution in [0.15, 0.2) is 30.5 Å². The van der Waals surface area contributed by atoms with E-state index >= 15 is 0 Å². The van der Waals surface area contributed by atoms with Gasteiger partial charge < -0.3 is 19.7 Å². The molecule has 0 amide bonds. The minimum atomic E-state index is -0.381. The van der Waals surface area contributed by atoms with Crippen molar-refractivity contribution < 1.29 is 14.3 Å². The summed E-state index contributed by atoms with van der Waals surface area (Å²) in [4.78, 5) is 18.2. The molecule has 0 aliphatic carbocycles. The van der Waals surface area contributed by atoms with Gasteiger partial charge in [-0.2, -0.15) is 0 Å². The van der Waals surface area contributed by atoms with Gasteiger partial charge in [-0.05, 0) is 55.0 Å². The number of nitrogens with zero attached hydrogens (tertiary/aromatic N) is 2. The Morgan fingerprint density at radius 2 is 1.79 bits per heavy atom. The predicted octanol–water partition coefficient (Wildman–Crippen LogP) is 3.14. The van der Waals surface area contributed by atoms with Crippen molar-refractivity contribution in [3.63, 3.8) is 0 Å². The summed E-state index contributed by atoms with van der Waals surface area (Å²) in [6.45, 7) is 7.66. The van der Waals surface area contributed by atoms with Gasteiger partial charge >= 0.3 is 5.97 Å². The fourth-order valence-corrected chi connectivity index (χ4v) is 3.57. The van der Waals surface area contributed by atoms with Crippen LogP contribution < -0.4 is 15.0 Å². The summed E-state index contributed by atoms with van der Waals surface area (Å²) in [5, 5.41) is 3.47. The molecular formula is C22H29N3O3. The normalized spacial score (nSPS) is 13.6. The smallest absolute Gasteiger partial charge is 0.343 e. The number of nitrogens with one attached hydrogen (secondary N) is 1. The van der Waals surface area contributed by atoms with Gasteiger partial charge in [0.25, 0.3) is 0 Å². The van der Waals surface area contributed by atoms with Gasteiger partial charge in [-0.3, -0.25) is 0 Å². The Labute approximate surface area is 166 Å². The van der Waals surface area contributed by atoms with Gasteiger partial charge in [0.1, 0.15) is 11.6 Å². The average Bonchev–Trinajstić information content (AvgIpc) is 3.22. The van der Waals surface area contributed by atoms with Gasteiger partial charge in [-0.15, -0.1) is 0 Å². The van der Waals surface area contributed by atoms with Crippen molar-refractivity contribution in [1.82, 2.24) is 10.3 Å². The Bertz CT molecular complexity index is 776. The summed E-state index contributed by atoms with van der Waals surface area (Å²) >= 11 is 0. The number of hydrogen-bond acceptors (Lipinski definition) is 6. The molecule has 0 radical (unpaired) electrons. The molecule has 3 rings (SSSR count). The fourth-order valence-electron chi connectivity index (χ4n) is 3.57. The molecule has 1 N–H and O–H groups in total. The van der Waals surface area contributed by atoms with Crippen molar-refractivity contribution in [2.75, 3.05) is 31.7 Å². The third-order valence-electron chi connectivity index (χ3n) is 4.98. The number of aromatic nitrogens is 1. The molecule has 2 heterocycles.